The van der Waals surface area contributed by atoms with Gasteiger partial charge in [0, 0.05) is 29.2 Å². The fourth-order valence-corrected chi connectivity index (χ4v) is 7.54. The molecule has 0 unspecified atom stereocenters. The second-order valence-corrected chi connectivity index (χ2v) is 12.6. The number of pyridine rings is 1. The highest BCUT2D eigenvalue weighted by Gasteiger charge is 2.39. The third kappa shape index (κ3) is 4.44. The van der Waals surface area contributed by atoms with Gasteiger partial charge in [-0.05, 0) is 61.7 Å². The maximum absolute atomic E-state index is 5.24. The molecule has 5 aromatic carbocycles. The van der Waals surface area contributed by atoms with Crippen LogP contribution in [0, 0.1) is 0 Å². The second-order valence-electron chi connectivity index (χ2n) is 12.6. The van der Waals surface area contributed by atoms with Gasteiger partial charge in [-0.2, -0.15) is 0 Å². The molecule has 0 saturated carbocycles. The smallest absolute Gasteiger partial charge is 0.182 e. The van der Waals surface area contributed by atoms with Crippen molar-refractivity contribution in [3.63, 3.8) is 0 Å². The fraction of sp³-hybridized carbons (Fsp3) is 0.116. The first-order valence-electron chi connectivity index (χ1n) is 15.8. The largest absolute Gasteiger partial charge is 0.253 e. The average Bonchev–Trinajstić information content (AvgIpc) is 3.61. The third-order valence-corrected chi connectivity index (χ3v) is 9.67. The maximum Gasteiger partial charge on any atom is 0.182 e. The summed E-state index contributed by atoms with van der Waals surface area (Å²) in [6.45, 7) is 4.54. The average molecular weight is 607 g/mol. The molecule has 2 aliphatic carbocycles. The summed E-state index contributed by atoms with van der Waals surface area (Å²) in [6, 6.07) is 44.8. The minimum atomic E-state index is -0.251. The molecule has 2 aliphatic rings. The van der Waals surface area contributed by atoms with Gasteiger partial charge >= 0.3 is 0 Å². The molecule has 0 spiro atoms. The standard InChI is InChI=1S/C42H30N4.CH4/c1-42(2)36-22-10-9-17-31(36)32-23-24-43-38(37(32)42)41-45-39(27-15-7-4-8-16-27)44-40(46-41)33-21-12-20-30-29-19-11-18-28(34(29)25-35(30)33)26-13-5-3-6-14-26;/h3-24H,25H2,1-2H3;1H4. The molecule has 0 amide bonds. The van der Waals surface area contributed by atoms with Crippen molar-refractivity contribution in [1.82, 2.24) is 19.9 Å². The topological polar surface area (TPSA) is 51.6 Å². The van der Waals surface area contributed by atoms with E-state index in [0.29, 0.717) is 17.5 Å². The van der Waals surface area contributed by atoms with Crippen LogP contribution in [0.3, 0.4) is 0 Å². The minimum absolute atomic E-state index is 0. The van der Waals surface area contributed by atoms with Crippen molar-refractivity contribution in [1.29, 1.82) is 0 Å². The number of benzene rings is 5. The van der Waals surface area contributed by atoms with Crippen molar-refractivity contribution in [3.8, 4) is 67.7 Å². The van der Waals surface area contributed by atoms with Crippen LogP contribution < -0.4 is 0 Å². The predicted octanol–water partition coefficient (Wildman–Crippen LogP) is 10.4. The van der Waals surface area contributed by atoms with Gasteiger partial charge in [-0.25, -0.2) is 15.0 Å². The first-order chi connectivity index (χ1) is 22.6. The Balaban J connectivity index is 0.00000324. The Morgan fingerprint density at radius 2 is 1.02 bits per heavy atom. The van der Waals surface area contributed by atoms with E-state index in [9.17, 15) is 0 Å². The van der Waals surface area contributed by atoms with Crippen LogP contribution in [-0.4, -0.2) is 19.9 Å². The van der Waals surface area contributed by atoms with Crippen LogP contribution in [0.15, 0.2) is 134 Å². The molecule has 7 aromatic rings. The zero-order valence-electron chi connectivity index (χ0n) is 25.7. The maximum atomic E-state index is 5.24. The summed E-state index contributed by atoms with van der Waals surface area (Å²) in [6.07, 6.45) is 2.70. The van der Waals surface area contributed by atoms with Crippen molar-refractivity contribution in [3.05, 3.63) is 156 Å². The lowest BCUT2D eigenvalue weighted by Crippen LogP contribution is -2.17. The van der Waals surface area contributed by atoms with Crippen LogP contribution in [0.5, 0.6) is 0 Å². The Hall–Kier alpha value is -5.74. The van der Waals surface area contributed by atoms with E-state index in [1.54, 1.807) is 0 Å². The van der Waals surface area contributed by atoms with Crippen LogP contribution in [0.1, 0.15) is 43.5 Å². The number of hydrogen-bond donors (Lipinski definition) is 0. The number of aromatic nitrogens is 4. The van der Waals surface area contributed by atoms with Gasteiger partial charge in [0.1, 0.15) is 5.69 Å². The molecular weight excluding hydrogens is 573 g/mol. The van der Waals surface area contributed by atoms with Gasteiger partial charge in [0.05, 0.1) is 0 Å². The highest BCUT2D eigenvalue weighted by atomic mass is 15.0. The molecule has 4 nitrogen and oxygen atoms in total. The molecule has 0 saturated heterocycles. The molecule has 2 heterocycles. The summed E-state index contributed by atoms with van der Waals surface area (Å²) in [7, 11) is 0. The van der Waals surface area contributed by atoms with Gasteiger partial charge in [-0.15, -0.1) is 0 Å². The molecule has 0 atom stereocenters. The molecule has 226 valence electrons. The lowest BCUT2D eigenvalue weighted by Gasteiger charge is -2.23. The van der Waals surface area contributed by atoms with Crippen molar-refractivity contribution in [2.75, 3.05) is 0 Å². The fourth-order valence-electron chi connectivity index (χ4n) is 7.54. The molecular formula is C43H34N4. The Morgan fingerprint density at radius 3 is 1.77 bits per heavy atom. The van der Waals surface area contributed by atoms with E-state index in [2.05, 4.69) is 123 Å². The number of nitrogens with zero attached hydrogens (tertiary/aromatic N) is 4. The van der Waals surface area contributed by atoms with Gasteiger partial charge in [0.15, 0.2) is 17.5 Å². The van der Waals surface area contributed by atoms with E-state index < -0.39 is 0 Å². The molecule has 2 aromatic heterocycles. The van der Waals surface area contributed by atoms with Gasteiger partial charge in [0.25, 0.3) is 0 Å². The molecule has 47 heavy (non-hydrogen) atoms. The van der Waals surface area contributed by atoms with Crippen LogP contribution in [0.25, 0.3) is 67.7 Å². The van der Waals surface area contributed by atoms with E-state index in [4.69, 9.17) is 19.9 Å². The van der Waals surface area contributed by atoms with Crippen LogP contribution in [-0.2, 0) is 11.8 Å². The Bertz CT molecular complexity index is 2310. The van der Waals surface area contributed by atoms with E-state index in [0.717, 1.165) is 28.8 Å². The van der Waals surface area contributed by atoms with Crippen molar-refractivity contribution < 1.29 is 0 Å². The summed E-state index contributed by atoms with van der Waals surface area (Å²) in [5, 5.41) is 0. The molecule has 4 heteroatoms. The highest BCUT2D eigenvalue weighted by Crippen LogP contribution is 2.51. The van der Waals surface area contributed by atoms with Gasteiger partial charge in [-0.1, -0.05) is 143 Å². The first kappa shape index (κ1) is 28.7. The lowest BCUT2D eigenvalue weighted by atomic mass is 9.81. The monoisotopic (exact) mass is 606 g/mol. The molecule has 0 fully saturated rings. The Labute approximate surface area is 275 Å². The number of hydrogen-bond acceptors (Lipinski definition) is 4. The van der Waals surface area contributed by atoms with E-state index in [1.165, 1.54) is 50.1 Å². The molecule has 0 aliphatic heterocycles. The van der Waals surface area contributed by atoms with Gasteiger partial charge < -0.3 is 0 Å². The molecule has 0 bridgehead atoms. The van der Waals surface area contributed by atoms with Crippen LogP contribution in [0.4, 0.5) is 0 Å². The van der Waals surface area contributed by atoms with Crippen molar-refractivity contribution in [2.24, 2.45) is 0 Å². The van der Waals surface area contributed by atoms with Gasteiger partial charge in [-0.3, -0.25) is 4.98 Å². The minimum Gasteiger partial charge on any atom is -0.253 e. The first-order valence-corrected chi connectivity index (χ1v) is 15.8. The van der Waals surface area contributed by atoms with Crippen molar-refractivity contribution >= 4 is 0 Å². The third-order valence-electron chi connectivity index (χ3n) is 9.67. The van der Waals surface area contributed by atoms with E-state index in [-0.39, 0.29) is 12.8 Å². The van der Waals surface area contributed by atoms with Crippen LogP contribution >= 0.6 is 0 Å². The summed E-state index contributed by atoms with van der Waals surface area (Å²) < 4.78 is 0. The Morgan fingerprint density at radius 1 is 0.468 bits per heavy atom. The predicted molar refractivity (Wildman–Crippen MR) is 192 cm³/mol. The zero-order valence-corrected chi connectivity index (χ0v) is 25.7. The second kappa shape index (κ2) is 11.0. The number of fused-ring (bicyclic) bond motifs is 6. The molecule has 0 radical (unpaired) electrons. The van der Waals surface area contributed by atoms with Gasteiger partial charge in [0.2, 0.25) is 0 Å². The molecule has 0 N–H and O–H groups in total. The van der Waals surface area contributed by atoms with Crippen molar-refractivity contribution in [2.45, 2.75) is 33.1 Å². The summed E-state index contributed by atoms with van der Waals surface area (Å²) in [5.74, 6) is 1.91. The summed E-state index contributed by atoms with van der Waals surface area (Å²) in [5.41, 5.74) is 15.0. The van der Waals surface area contributed by atoms with E-state index in [1.807, 2.05) is 24.4 Å². The van der Waals surface area contributed by atoms with Crippen LogP contribution in [0.2, 0.25) is 0 Å². The zero-order chi connectivity index (χ0) is 30.8. The Kier molecular flexibility index (Phi) is 6.69. The highest BCUT2D eigenvalue weighted by molar-refractivity contribution is 5.89. The normalized spacial score (nSPS) is 13.2. The SMILES string of the molecule is C.CC1(C)c2ccccc2-c2ccnc(-c3nc(-c4ccccc4)nc(-c4cccc5c4Cc4c(-c6ccccc6)cccc4-5)n3)c21. The summed E-state index contributed by atoms with van der Waals surface area (Å²) >= 11 is 0. The van der Waals surface area contributed by atoms with E-state index >= 15 is 0 Å². The number of rotatable bonds is 4. The summed E-state index contributed by atoms with van der Waals surface area (Å²) in [4.78, 5) is 20.5. The lowest BCUT2D eigenvalue weighted by molar-refractivity contribution is 0.658. The quantitative estimate of drug-likeness (QED) is 0.200. The molecule has 9 rings (SSSR count).